The van der Waals surface area contributed by atoms with E-state index in [1.807, 2.05) is 31.2 Å². The molecule has 0 bridgehead atoms. The zero-order valence-electron chi connectivity index (χ0n) is 10.8. The van der Waals surface area contributed by atoms with Crippen molar-refractivity contribution < 1.29 is 8.78 Å². The minimum Gasteiger partial charge on any atom is -0.230 e. The molecule has 0 saturated heterocycles. The lowest BCUT2D eigenvalue weighted by molar-refractivity contribution is 0.587. The first-order valence-electron chi connectivity index (χ1n) is 6.21. The fourth-order valence-corrected chi connectivity index (χ4v) is 2.09. The summed E-state index contributed by atoms with van der Waals surface area (Å²) in [5.41, 5.74) is 2.86. The van der Waals surface area contributed by atoms with Crippen LogP contribution in [0.3, 0.4) is 0 Å². The highest BCUT2D eigenvalue weighted by atomic mass is 19.1. The van der Waals surface area contributed by atoms with E-state index in [4.69, 9.17) is 0 Å². The average molecular weight is 270 g/mol. The molecule has 3 rings (SSSR count). The molecule has 2 aromatic carbocycles. The molecule has 0 atom stereocenters. The lowest BCUT2D eigenvalue weighted by Gasteiger charge is -2.09. The van der Waals surface area contributed by atoms with Gasteiger partial charge >= 0.3 is 0 Å². The highest BCUT2D eigenvalue weighted by molar-refractivity contribution is 5.62. The maximum absolute atomic E-state index is 13.9. The van der Waals surface area contributed by atoms with Gasteiger partial charge in [-0.1, -0.05) is 29.8 Å². The molecule has 1 heterocycles. The predicted octanol–water partition coefficient (Wildman–Crippen LogP) is 4.13. The monoisotopic (exact) mass is 270 g/mol. The van der Waals surface area contributed by atoms with Crippen molar-refractivity contribution in [3.63, 3.8) is 0 Å². The summed E-state index contributed by atoms with van der Waals surface area (Å²) in [5, 5.41) is 4.10. The van der Waals surface area contributed by atoms with Crippen LogP contribution in [0.5, 0.6) is 0 Å². The minimum absolute atomic E-state index is 0.102. The Hall–Kier alpha value is -2.49. The molecule has 1 aromatic heterocycles. The summed E-state index contributed by atoms with van der Waals surface area (Å²) in [6, 6.07) is 12.9. The van der Waals surface area contributed by atoms with Crippen molar-refractivity contribution in [1.82, 2.24) is 9.78 Å². The number of hydrogen-bond donors (Lipinski definition) is 0. The quantitative estimate of drug-likeness (QED) is 0.684. The van der Waals surface area contributed by atoms with Crippen molar-refractivity contribution in [3.05, 3.63) is 71.9 Å². The van der Waals surface area contributed by atoms with Gasteiger partial charge in [0, 0.05) is 11.6 Å². The van der Waals surface area contributed by atoms with Gasteiger partial charge in [0.25, 0.3) is 0 Å². The number of aromatic nitrogens is 2. The number of benzene rings is 2. The summed E-state index contributed by atoms with van der Waals surface area (Å²) in [6.45, 7) is 1.99. The summed E-state index contributed by atoms with van der Waals surface area (Å²) >= 11 is 0. The molecule has 0 fully saturated rings. The smallest absolute Gasteiger partial charge is 0.149 e. The van der Waals surface area contributed by atoms with Gasteiger partial charge in [0.15, 0.2) is 0 Å². The van der Waals surface area contributed by atoms with Gasteiger partial charge in [-0.05, 0) is 25.1 Å². The summed E-state index contributed by atoms with van der Waals surface area (Å²) in [6.07, 6.45) is 1.57. The molecular weight excluding hydrogens is 258 g/mol. The molecule has 0 aliphatic heterocycles. The van der Waals surface area contributed by atoms with Crippen molar-refractivity contribution >= 4 is 0 Å². The minimum atomic E-state index is -0.511. The van der Waals surface area contributed by atoms with E-state index in [2.05, 4.69) is 5.10 Å². The predicted molar refractivity (Wildman–Crippen MR) is 73.7 cm³/mol. The van der Waals surface area contributed by atoms with E-state index in [1.54, 1.807) is 12.3 Å². The highest BCUT2D eigenvalue weighted by Gasteiger charge is 2.12. The molecular formula is C16H12F2N2. The lowest BCUT2D eigenvalue weighted by atomic mass is 10.1. The number of aryl methyl sites for hydroxylation is 1. The van der Waals surface area contributed by atoms with Gasteiger partial charge in [0.2, 0.25) is 0 Å². The summed E-state index contributed by atoms with van der Waals surface area (Å²) in [4.78, 5) is 0. The Morgan fingerprint density at radius 1 is 0.950 bits per heavy atom. The number of halogens is 2. The molecule has 3 aromatic rings. The van der Waals surface area contributed by atoms with E-state index in [9.17, 15) is 8.78 Å². The fraction of sp³-hybridized carbons (Fsp3) is 0.0625. The van der Waals surface area contributed by atoms with Crippen LogP contribution in [-0.2, 0) is 0 Å². The van der Waals surface area contributed by atoms with Crippen LogP contribution in [-0.4, -0.2) is 9.78 Å². The molecule has 0 spiro atoms. The van der Waals surface area contributed by atoms with Gasteiger partial charge < -0.3 is 0 Å². The van der Waals surface area contributed by atoms with E-state index < -0.39 is 11.6 Å². The maximum atomic E-state index is 13.9. The van der Waals surface area contributed by atoms with Gasteiger partial charge in [-0.25, -0.2) is 13.5 Å². The van der Waals surface area contributed by atoms with E-state index >= 15 is 0 Å². The van der Waals surface area contributed by atoms with Crippen molar-refractivity contribution in [2.75, 3.05) is 0 Å². The van der Waals surface area contributed by atoms with Crippen molar-refractivity contribution in [2.24, 2.45) is 0 Å². The molecule has 0 unspecified atom stereocenters. The second-order valence-electron chi connectivity index (χ2n) is 4.59. The molecule has 0 radical (unpaired) electrons. The van der Waals surface area contributed by atoms with Gasteiger partial charge in [-0.2, -0.15) is 5.10 Å². The van der Waals surface area contributed by atoms with Crippen molar-refractivity contribution in [1.29, 1.82) is 0 Å². The summed E-state index contributed by atoms with van der Waals surface area (Å²) in [5.74, 6) is -1.00. The standard InChI is InChI=1S/C16H12F2N2/c1-11-2-4-12(5-3-11)15-8-9-19-20(15)16-10-13(17)6-7-14(16)18/h2-10H,1H3. The first kappa shape index (κ1) is 12.5. The van der Waals surface area contributed by atoms with Crippen LogP contribution < -0.4 is 0 Å². The lowest BCUT2D eigenvalue weighted by Crippen LogP contribution is -2.02. The second kappa shape index (κ2) is 4.89. The first-order valence-corrected chi connectivity index (χ1v) is 6.21. The van der Waals surface area contributed by atoms with Crippen LogP contribution in [0.2, 0.25) is 0 Å². The topological polar surface area (TPSA) is 17.8 Å². The third kappa shape index (κ3) is 2.20. The van der Waals surface area contributed by atoms with Crippen LogP contribution >= 0.6 is 0 Å². The number of rotatable bonds is 2. The number of nitrogens with zero attached hydrogens (tertiary/aromatic N) is 2. The Morgan fingerprint density at radius 2 is 1.70 bits per heavy atom. The van der Waals surface area contributed by atoms with Gasteiger partial charge in [0.05, 0.1) is 11.9 Å². The van der Waals surface area contributed by atoms with Gasteiger partial charge in [-0.15, -0.1) is 0 Å². The van der Waals surface area contributed by atoms with Crippen molar-refractivity contribution in [3.8, 4) is 16.9 Å². The van der Waals surface area contributed by atoms with E-state index in [-0.39, 0.29) is 5.69 Å². The van der Waals surface area contributed by atoms with Crippen LogP contribution in [0.15, 0.2) is 54.7 Å². The number of hydrogen-bond acceptors (Lipinski definition) is 1. The Kier molecular flexibility index (Phi) is 3.06. The SMILES string of the molecule is Cc1ccc(-c2ccnn2-c2cc(F)ccc2F)cc1. The molecule has 4 heteroatoms. The molecule has 20 heavy (non-hydrogen) atoms. The Balaban J connectivity index is 2.15. The van der Waals surface area contributed by atoms with E-state index in [0.29, 0.717) is 0 Å². The van der Waals surface area contributed by atoms with E-state index in [0.717, 1.165) is 35.0 Å². The Labute approximate surface area is 115 Å². The second-order valence-corrected chi connectivity index (χ2v) is 4.59. The fourth-order valence-electron chi connectivity index (χ4n) is 2.09. The summed E-state index contributed by atoms with van der Waals surface area (Å²) < 4.78 is 28.6. The Morgan fingerprint density at radius 3 is 2.45 bits per heavy atom. The highest BCUT2D eigenvalue weighted by Crippen LogP contribution is 2.24. The summed E-state index contributed by atoms with van der Waals surface area (Å²) in [7, 11) is 0. The maximum Gasteiger partial charge on any atom is 0.149 e. The third-order valence-corrected chi connectivity index (χ3v) is 3.13. The van der Waals surface area contributed by atoms with Crippen molar-refractivity contribution in [2.45, 2.75) is 6.92 Å². The largest absolute Gasteiger partial charge is 0.230 e. The molecule has 0 aliphatic carbocycles. The third-order valence-electron chi connectivity index (χ3n) is 3.13. The van der Waals surface area contributed by atoms with E-state index in [1.165, 1.54) is 4.68 Å². The van der Waals surface area contributed by atoms with Gasteiger partial charge in [0.1, 0.15) is 17.3 Å². The van der Waals surface area contributed by atoms with Crippen LogP contribution in [0.25, 0.3) is 16.9 Å². The zero-order valence-corrected chi connectivity index (χ0v) is 10.8. The molecule has 0 N–H and O–H groups in total. The zero-order chi connectivity index (χ0) is 14.1. The Bertz CT molecular complexity index is 745. The molecule has 0 aliphatic rings. The molecule has 0 amide bonds. The van der Waals surface area contributed by atoms with Gasteiger partial charge in [-0.3, -0.25) is 0 Å². The average Bonchev–Trinajstić information content (AvgIpc) is 2.91. The molecule has 2 nitrogen and oxygen atoms in total. The van der Waals surface area contributed by atoms with Crippen LogP contribution in [0.1, 0.15) is 5.56 Å². The van der Waals surface area contributed by atoms with Crippen LogP contribution in [0, 0.1) is 18.6 Å². The first-order chi connectivity index (χ1) is 9.65. The van der Waals surface area contributed by atoms with Crippen LogP contribution in [0.4, 0.5) is 8.78 Å². The normalized spacial score (nSPS) is 10.8. The molecule has 100 valence electrons. The molecule has 0 saturated carbocycles.